The number of amides is 6. The number of primary amides is 1. The summed E-state index contributed by atoms with van der Waals surface area (Å²) in [5.41, 5.74) is 6.10. The van der Waals surface area contributed by atoms with Crippen molar-refractivity contribution in [3.05, 3.63) is 42.0 Å². The highest BCUT2D eigenvalue weighted by Crippen LogP contribution is 2.11. The number of ether oxygens (including phenoxy) is 1. The number of carbonyl (C=O) groups excluding carboxylic acids is 6. The van der Waals surface area contributed by atoms with Gasteiger partial charge in [-0.2, -0.15) is 0 Å². The minimum Gasteiger partial charge on any atom is -0.445 e. The van der Waals surface area contributed by atoms with Crippen LogP contribution in [0.2, 0.25) is 0 Å². The molecule has 0 spiro atoms. The second-order valence-electron chi connectivity index (χ2n) is 8.83. The van der Waals surface area contributed by atoms with E-state index in [0.717, 1.165) is 4.90 Å². The van der Waals surface area contributed by atoms with Crippen LogP contribution in [0.4, 0.5) is 10.5 Å². The van der Waals surface area contributed by atoms with Gasteiger partial charge in [0.05, 0.1) is 6.54 Å². The molecular weight excluding hydrogens is 482 g/mol. The van der Waals surface area contributed by atoms with Gasteiger partial charge in [-0.15, -0.1) is 0 Å². The van der Waals surface area contributed by atoms with E-state index in [2.05, 4.69) is 20.7 Å². The molecule has 0 aliphatic carbocycles. The third-order valence-corrected chi connectivity index (χ3v) is 5.49. The smallest absolute Gasteiger partial charge is 0.404 e. The Morgan fingerprint density at radius 1 is 0.946 bits per heavy atom. The van der Waals surface area contributed by atoms with Crippen molar-refractivity contribution >= 4 is 41.3 Å². The van der Waals surface area contributed by atoms with Gasteiger partial charge in [0.1, 0.15) is 12.6 Å². The zero-order valence-electron chi connectivity index (χ0n) is 21.0. The molecule has 1 aromatic carbocycles. The molecule has 0 fully saturated rings. The zero-order valence-corrected chi connectivity index (χ0v) is 21.0. The molecule has 1 unspecified atom stereocenters. The van der Waals surface area contributed by atoms with E-state index in [1.165, 1.54) is 12.2 Å². The Morgan fingerprint density at radius 2 is 1.59 bits per heavy atom. The fraction of sp³-hybridized carbons (Fsp3) is 0.440. The van der Waals surface area contributed by atoms with Crippen molar-refractivity contribution in [3.8, 4) is 0 Å². The van der Waals surface area contributed by atoms with Crippen molar-refractivity contribution in [1.29, 1.82) is 0 Å². The molecule has 37 heavy (non-hydrogen) atoms. The number of carbonyl (C=O) groups is 6. The number of benzene rings is 1. The highest BCUT2D eigenvalue weighted by molar-refractivity contribution is 6.12. The average Bonchev–Trinajstić information content (AvgIpc) is 3.17. The third-order valence-electron chi connectivity index (χ3n) is 5.49. The Morgan fingerprint density at radius 3 is 2.19 bits per heavy atom. The van der Waals surface area contributed by atoms with Crippen LogP contribution >= 0.6 is 0 Å². The van der Waals surface area contributed by atoms with Crippen molar-refractivity contribution in [2.24, 2.45) is 11.7 Å². The molecule has 0 aromatic heterocycles. The maximum absolute atomic E-state index is 12.6. The first-order valence-corrected chi connectivity index (χ1v) is 12.0. The van der Waals surface area contributed by atoms with Crippen LogP contribution in [0, 0.1) is 5.92 Å². The standard InChI is InChI=1S/C25H33N5O7/c1-16(2)23(29-19(31)6-4-3-5-13-30-21(33)11-12-22(30)34)24(35)27-14-20(32)28-18-9-7-17(8-10-18)15-37-25(26)36/h7-12,16,23H,3-6,13-15H2,1-2H3,(H2,26,36)(H,27,35)(H,28,32)(H,29,31). The molecule has 12 heteroatoms. The third kappa shape index (κ3) is 10.1. The number of rotatable bonds is 14. The summed E-state index contributed by atoms with van der Waals surface area (Å²) in [5, 5.41) is 7.88. The molecule has 2 rings (SSSR count). The van der Waals surface area contributed by atoms with Crippen LogP contribution in [0.1, 0.15) is 45.1 Å². The van der Waals surface area contributed by atoms with Crippen molar-refractivity contribution in [3.63, 3.8) is 0 Å². The lowest BCUT2D eigenvalue weighted by molar-refractivity contribution is -0.137. The molecule has 1 aromatic rings. The van der Waals surface area contributed by atoms with Crippen molar-refractivity contribution in [2.45, 2.75) is 52.2 Å². The molecule has 1 aliphatic heterocycles. The van der Waals surface area contributed by atoms with Crippen LogP contribution in [-0.4, -0.2) is 59.7 Å². The molecule has 6 amide bonds. The Bertz CT molecular complexity index is 1020. The van der Waals surface area contributed by atoms with E-state index >= 15 is 0 Å². The van der Waals surface area contributed by atoms with Crippen LogP contribution in [0.5, 0.6) is 0 Å². The monoisotopic (exact) mass is 515 g/mol. The zero-order chi connectivity index (χ0) is 27.4. The second kappa shape index (κ2) is 14.4. The number of nitrogens with zero attached hydrogens (tertiary/aromatic N) is 1. The first-order chi connectivity index (χ1) is 17.6. The lowest BCUT2D eigenvalue weighted by Gasteiger charge is -2.21. The maximum atomic E-state index is 12.6. The van der Waals surface area contributed by atoms with Crippen molar-refractivity contribution < 1.29 is 33.5 Å². The van der Waals surface area contributed by atoms with Crippen molar-refractivity contribution in [2.75, 3.05) is 18.4 Å². The van der Waals surface area contributed by atoms with Gasteiger partial charge >= 0.3 is 6.09 Å². The summed E-state index contributed by atoms with van der Waals surface area (Å²) < 4.78 is 4.69. The van der Waals surface area contributed by atoms with Crippen molar-refractivity contribution in [1.82, 2.24) is 15.5 Å². The average molecular weight is 516 g/mol. The van der Waals surface area contributed by atoms with Crippen LogP contribution in [-0.2, 0) is 35.3 Å². The highest BCUT2D eigenvalue weighted by atomic mass is 16.5. The van der Waals surface area contributed by atoms with E-state index in [1.54, 1.807) is 38.1 Å². The normalized spacial score (nSPS) is 13.4. The van der Waals surface area contributed by atoms with Gasteiger partial charge in [0.15, 0.2) is 0 Å². The second-order valence-corrected chi connectivity index (χ2v) is 8.83. The molecule has 12 nitrogen and oxygen atoms in total. The van der Waals surface area contributed by atoms with E-state index in [-0.39, 0.29) is 43.2 Å². The van der Waals surface area contributed by atoms with Crippen LogP contribution in [0.15, 0.2) is 36.4 Å². The highest BCUT2D eigenvalue weighted by Gasteiger charge is 2.25. The Labute approximate surface area is 215 Å². The fourth-order valence-corrected chi connectivity index (χ4v) is 3.49. The summed E-state index contributed by atoms with van der Waals surface area (Å²) in [4.78, 5) is 72.0. The van der Waals surface area contributed by atoms with E-state index in [9.17, 15) is 28.8 Å². The Kier molecular flexibility index (Phi) is 11.3. The number of unbranched alkanes of at least 4 members (excludes halogenated alkanes) is 2. The Balaban J connectivity index is 1.69. The summed E-state index contributed by atoms with van der Waals surface area (Å²) in [6.07, 6.45) is 3.54. The van der Waals surface area contributed by atoms with Gasteiger partial charge in [-0.1, -0.05) is 32.4 Å². The summed E-state index contributed by atoms with van der Waals surface area (Å²) in [7, 11) is 0. The summed E-state index contributed by atoms with van der Waals surface area (Å²) in [5.74, 6) is -2.08. The van der Waals surface area contributed by atoms with Gasteiger partial charge in [-0.3, -0.25) is 28.9 Å². The molecule has 1 atom stereocenters. The van der Waals surface area contributed by atoms with Gasteiger partial charge in [0, 0.05) is 30.8 Å². The molecule has 0 radical (unpaired) electrons. The fourth-order valence-electron chi connectivity index (χ4n) is 3.49. The van der Waals surface area contributed by atoms with Crippen LogP contribution < -0.4 is 21.7 Å². The lowest BCUT2D eigenvalue weighted by atomic mass is 10.0. The van der Waals surface area contributed by atoms with E-state index < -0.39 is 23.9 Å². The van der Waals surface area contributed by atoms with Gasteiger partial charge < -0.3 is 26.4 Å². The molecular formula is C25H33N5O7. The van der Waals surface area contributed by atoms with E-state index in [0.29, 0.717) is 37.1 Å². The topological polar surface area (TPSA) is 177 Å². The van der Waals surface area contributed by atoms with Crippen LogP contribution in [0.3, 0.4) is 0 Å². The summed E-state index contributed by atoms with van der Waals surface area (Å²) >= 11 is 0. The summed E-state index contributed by atoms with van der Waals surface area (Å²) in [6, 6.07) is 5.74. The SMILES string of the molecule is CC(C)C(NC(=O)CCCCCN1C(=O)C=CC1=O)C(=O)NCC(=O)Nc1ccc(COC(N)=O)cc1. The largest absolute Gasteiger partial charge is 0.445 e. The number of imide groups is 1. The number of anilines is 1. The lowest BCUT2D eigenvalue weighted by Crippen LogP contribution is -2.51. The number of nitrogens with two attached hydrogens (primary N) is 1. The van der Waals surface area contributed by atoms with Gasteiger partial charge in [0.25, 0.3) is 11.8 Å². The van der Waals surface area contributed by atoms with E-state index in [4.69, 9.17) is 5.73 Å². The number of hydrogen-bond donors (Lipinski definition) is 4. The number of nitrogens with one attached hydrogen (secondary N) is 3. The number of hydrogen-bond acceptors (Lipinski definition) is 7. The predicted octanol–water partition coefficient (Wildman–Crippen LogP) is 0.963. The first kappa shape index (κ1) is 29.0. The predicted molar refractivity (Wildman–Crippen MR) is 134 cm³/mol. The molecule has 0 saturated carbocycles. The molecule has 5 N–H and O–H groups in total. The quantitative estimate of drug-likeness (QED) is 0.211. The Hall–Kier alpha value is -4.22. The minimum absolute atomic E-state index is 0.0142. The molecule has 0 saturated heterocycles. The first-order valence-electron chi connectivity index (χ1n) is 12.0. The molecule has 200 valence electrons. The molecule has 0 bridgehead atoms. The minimum atomic E-state index is -0.882. The summed E-state index contributed by atoms with van der Waals surface area (Å²) in [6.45, 7) is 3.60. The van der Waals surface area contributed by atoms with Gasteiger partial charge in [-0.25, -0.2) is 4.79 Å². The van der Waals surface area contributed by atoms with Gasteiger partial charge in [0.2, 0.25) is 17.7 Å². The maximum Gasteiger partial charge on any atom is 0.404 e. The van der Waals surface area contributed by atoms with Crippen LogP contribution in [0.25, 0.3) is 0 Å². The van der Waals surface area contributed by atoms with Gasteiger partial charge in [-0.05, 0) is 36.5 Å². The van der Waals surface area contributed by atoms with E-state index in [1.807, 2.05) is 0 Å². The molecule has 1 heterocycles. The molecule has 1 aliphatic rings.